The summed E-state index contributed by atoms with van der Waals surface area (Å²) in [6.07, 6.45) is 2.22. The van der Waals surface area contributed by atoms with Gasteiger partial charge in [0, 0.05) is 13.0 Å². The molecule has 0 saturated carbocycles. The molecule has 1 saturated heterocycles. The SMILES string of the molecule is CCC1(CC)C(=O)NC(=O)N1CCCC#N. The van der Waals surface area contributed by atoms with E-state index in [0.29, 0.717) is 32.2 Å². The minimum Gasteiger partial charge on any atom is -0.310 e. The first-order valence-corrected chi connectivity index (χ1v) is 5.62. The van der Waals surface area contributed by atoms with Gasteiger partial charge in [-0.3, -0.25) is 10.1 Å². The molecule has 5 heteroatoms. The zero-order chi connectivity index (χ0) is 12.2. The van der Waals surface area contributed by atoms with Gasteiger partial charge in [0.25, 0.3) is 5.91 Å². The van der Waals surface area contributed by atoms with Crippen molar-refractivity contribution in [1.82, 2.24) is 10.2 Å². The lowest BCUT2D eigenvalue weighted by atomic mass is 9.91. The molecule has 1 fully saturated rings. The zero-order valence-electron chi connectivity index (χ0n) is 9.75. The van der Waals surface area contributed by atoms with Crippen LogP contribution in [0.5, 0.6) is 0 Å². The van der Waals surface area contributed by atoms with Crippen LogP contribution >= 0.6 is 0 Å². The van der Waals surface area contributed by atoms with Gasteiger partial charge in [-0.1, -0.05) is 13.8 Å². The fraction of sp³-hybridized carbons (Fsp3) is 0.727. The monoisotopic (exact) mass is 223 g/mol. The topological polar surface area (TPSA) is 73.2 Å². The first-order valence-electron chi connectivity index (χ1n) is 5.62. The fourth-order valence-corrected chi connectivity index (χ4v) is 2.18. The van der Waals surface area contributed by atoms with Crippen LogP contribution in [0.25, 0.3) is 0 Å². The molecule has 1 rings (SSSR count). The molecule has 1 N–H and O–H groups in total. The van der Waals surface area contributed by atoms with Crippen molar-refractivity contribution in [2.24, 2.45) is 0 Å². The molecule has 0 aromatic heterocycles. The number of carbonyl (C=O) groups excluding carboxylic acids is 2. The molecule has 1 heterocycles. The van der Waals surface area contributed by atoms with E-state index in [0.717, 1.165) is 0 Å². The number of amides is 3. The number of urea groups is 1. The smallest absolute Gasteiger partial charge is 0.310 e. The molecule has 0 spiro atoms. The lowest BCUT2D eigenvalue weighted by molar-refractivity contribution is -0.127. The van der Waals surface area contributed by atoms with Crippen molar-refractivity contribution in [3.63, 3.8) is 0 Å². The summed E-state index contributed by atoms with van der Waals surface area (Å²) in [7, 11) is 0. The van der Waals surface area contributed by atoms with E-state index in [4.69, 9.17) is 5.26 Å². The summed E-state index contributed by atoms with van der Waals surface area (Å²) < 4.78 is 0. The first kappa shape index (κ1) is 12.5. The molecule has 0 unspecified atom stereocenters. The molecule has 0 aliphatic carbocycles. The van der Waals surface area contributed by atoms with E-state index in [-0.39, 0.29) is 11.9 Å². The van der Waals surface area contributed by atoms with E-state index in [1.807, 2.05) is 19.9 Å². The highest BCUT2D eigenvalue weighted by atomic mass is 16.2. The molecule has 88 valence electrons. The predicted octanol–water partition coefficient (Wildman–Crippen LogP) is 1.40. The molecule has 0 atom stereocenters. The van der Waals surface area contributed by atoms with Gasteiger partial charge >= 0.3 is 6.03 Å². The summed E-state index contributed by atoms with van der Waals surface area (Å²) in [6, 6.07) is 1.71. The lowest BCUT2D eigenvalue weighted by Crippen LogP contribution is -2.49. The number of nitriles is 1. The van der Waals surface area contributed by atoms with Crippen molar-refractivity contribution in [3.05, 3.63) is 0 Å². The lowest BCUT2D eigenvalue weighted by Gasteiger charge is -2.33. The quantitative estimate of drug-likeness (QED) is 0.565. The third-order valence-corrected chi connectivity index (χ3v) is 3.25. The van der Waals surface area contributed by atoms with Gasteiger partial charge in [-0.2, -0.15) is 5.26 Å². The average molecular weight is 223 g/mol. The van der Waals surface area contributed by atoms with Gasteiger partial charge in [-0.05, 0) is 19.3 Å². The van der Waals surface area contributed by atoms with Crippen LogP contribution in [0.4, 0.5) is 4.79 Å². The summed E-state index contributed by atoms with van der Waals surface area (Å²) in [5, 5.41) is 10.8. The van der Waals surface area contributed by atoms with Crippen molar-refractivity contribution in [2.75, 3.05) is 6.54 Å². The average Bonchev–Trinajstić information content (AvgIpc) is 2.51. The van der Waals surface area contributed by atoms with Crippen molar-refractivity contribution in [2.45, 2.75) is 45.1 Å². The Bertz CT molecular complexity index is 329. The van der Waals surface area contributed by atoms with Gasteiger partial charge in [-0.15, -0.1) is 0 Å². The molecule has 0 bridgehead atoms. The van der Waals surface area contributed by atoms with Gasteiger partial charge in [0.05, 0.1) is 6.07 Å². The maximum Gasteiger partial charge on any atom is 0.325 e. The van der Waals surface area contributed by atoms with Crippen molar-refractivity contribution in [3.8, 4) is 6.07 Å². The van der Waals surface area contributed by atoms with E-state index in [1.54, 1.807) is 4.90 Å². The maximum atomic E-state index is 11.8. The second-order valence-corrected chi connectivity index (χ2v) is 3.91. The number of nitrogens with zero attached hydrogens (tertiary/aromatic N) is 2. The molecule has 0 radical (unpaired) electrons. The largest absolute Gasteiger partial charge is 0.325 e. The molecule has 16 heavy (non-hydrogen) atoms. The van der Waals surface area contributed by atoms with Crippen molar-refractivity contribution in [1.29, 1.82) is 5.26 Å². The number of hydrogen-bond acceptors (Lipinski definition) is 3. The second kappa shape index (κ2) is 4.97. The van der Waals surface area contributed by atoms with Crippen LogP contribution in [0.3, 0.4) is 0 Å². The molecule has 3 amide bonds. The van der Waals surface area contributed by atoms with E-state index >= 15 is 0 Å². The fourth-order valence-electron chi connectivity index (χ4n) is 2.18. The standard InChI is InChI=1S/C11H17N3O2/c1-3-11(4-2)9(15)13-10(16)14(11)8-6-5-7-12/h3-6,8H2,1-2H3,(H,13,15,16). The number of nitrogens with one attached hydrogen (secondary N) is 1. The van der Waals surface area contributed by atoms with Crippen LogP contribution in [0.1, 0.15) is 39.5 Å². The summed E-state index contributed by atoms with van der Waals surface area (Å²) >= 11 is 0. The van der Waals surface area contributed by atoms with Gasteiger partial charge in [0.2, 0.25) is 0 Å². The Balaban J connectivity index is 2.82. The molecular weight excluding hydrogens is 206 g/mol. The van der Waals surface area contributed by atoms with E-state index < -0.39 is 5.54 Å². The molecular formula is C11H17N3O2. The molecule has 0 aromatic rings. The Kier molecular flexibility index (Phi) is 3.88. The number of rotatable bonds is 5. The van der Waals surface area contributed by atoms with Crippen molar-refractivity contribution < 1.29 is 9.59 Å². The summed E-state index contributed by atoms with van der Waals surface area (Å²) in [6.45, 7) is 4.27. The van der Waals surface area contributed by atoms with Crippen LogP contribution in [0.2, 0.25) is 0 Å². The van der Waals surface area contributed by atoms with Crippen LogP contribution < -0.4 is 5.32 Å². The zero-order valence-corrected chi connectivity index (χ0v) is 9.75. The minimum absolute atomic E-state index is 0.209. The Hall–Kier alpha value is -1.57. The highest BCUT2D eigenvalue weighted by Crippen LogP contribution is 2.29. The normalized spacial score (nSPS) is 18.4. The van der Waals surface area contributed by atoms with Crippen molar-refractivity contribution >= 4 is 11.9 Å². The van der Waals surface area contributed by atoms with Gasteiger partial charge < -0.3 is 4.90 Å². The van der Waals surface area contributed by atoms with Crippen LogP contribution in [0, 0.1) is 11.3 Å². The molecule has 1 aliphatic heterocycles. The van der Waals surface area contributed by atoms with Gasteiger partial charge in [0.1, 0.15) is 5.54 Å². The van der Waals surface area contributed by atoms with E-state index in [2.05, 4.69) is 5.32 Å². The molecule has 1 aliphatic rings. The Morgan fingerprint density at radius 1 is 1.38 bits per heavy atom. The number of unbranched alkanes of at least 4 members (excludes halogenated alkanes) is 1. The third-order valence-electron chi connectivity index (χ3n) is 3.25. The Morgan fingerprint density at radius 3 is 2.50 bits per heavy atom. The van der Waals surface area contributed by atoms with Crippen LogP contribution in [0.15, 0.2) is 0 Å². The van der Waals surface area contributed by atoms with E-state index in [9.17, 15) is 9.59 Å². The maximum absolute atomic E-state index is 11.8. The first-order chi connectivity index (χ1) is 7.62. The van der Waals surface area contributed by atoms with E-state index in [1.165, 1.54) is 0 Å². The third kappa shape index (κ3) is 1.87. The van der Waals surface area contributed by atoms with Crippen LogP contribution in [-0.2, 0) is 4.79 Å². The summed E-state index contributed by atoms with van der Waals surface area (Å²) in [5.74, 6) is -0.209. The second-order valence-electron chi connectivity index (χ2n) is 3.91. The van der Waals surface area contributed by atoms with Gasteiger partial charge in [-0.25, -0.2) is 4.79 Å². The minimum atomic E-state index is -0.702. The number of hydrogen-bond donors (Lipinski definition) is 1. The number of carbonyl (C=O) groups is 2. The predicted molar refractivity (Wildman–Crippen MR) is 58.4 cm³/mol. The summed E-state index contributed by atoms with van der Waals surface area (Å²) in [5.41, 5.74) is -0.702. The Morgan fingerprint density at radius 2 is 2.00 bits per heavy atom. The summed E-state index contributed by atoms with van der Waals surface area (Å²) in [4.78, 5) is 25.0. The highest BCUT2D eigenvalue weighted by Gasteiger charge is 2.49. The Labute approximate surface area is 95.4 Å². The molecule has 0 aromatic carbocycles. The van der Waals surface area contributed by atoms with Gasteiger partial charge in [0.15, 0.2) is 0 Å². The highest BCUT2D eigenvalue weighted by molar-refractivity contribution is 6.06. The number of imide groups is 1. The molecule has 5 nitrogen and oxygen atoms in total. The van der Waals surface area contributed by atoms with Crippen LogP contribution in [-0.4, -0.2) is 28.9 Å².